The number of nitrogens with one attached hydrogen (secondary N) is 1. The zero-order valence-electron chi connectivity index (χ0n) is 14.7. The molecule has 2 rings (SSSR count). The highest BCUT2D eigenvalue weighted by molar-refractivity contribution is 5.97. The molecule has 0 saturated heterocycles. The summed E-state index contributed by atoms with van der Waals surface area (Å²) >= 11 is 0. The van der Waals surface area contributed by atoms with Crippen LogP contribution in [-0.2, 0) is 9.59 Å². The average Bonchev–Trinajstić information content (AvgIpc) is 2.65. The Morgan fingerprint density at radius 1 is 1.15 bits per heavy atom. The quantitative estimate of drug-likeness (QED) is 0.789. The number of carboxylic acids is 1. The minimum absolute atomic E-state index is 0.0848. The van der Waals surface area contributed by atoms with Gasteiger partial charge in [-0.3, -0.25) is 14.6 Å². The van der Waals surface area contributed by atoms with Gasteiger partial charge in [0.1, 0.15) is 6.04 Å². The van der Waals surface area contributed by atoms with Crippen LogP contribution in [0.3, 0.4) is 0 Å². The second-order valence-corrected chi connectivity index (χ2v) is 5.82. The van der Waals surface area contributed by atoms with E-state index in [0.29, 0.717) is 5.56 Å². The summed E-state index contributed by atoms with van der Waals surface area (Å²) in [7, 11) is 0. The van der Waals surface area contributed by atoms with Crippen LogP contribution in [0.4, 0.5) is 0 Å². The van der Waals surface area contributed by atoms with Gasteiger partial charge in [-0.25, -0.2) is 4.79 Å². The molecule has 0 radical (unpaired) electrons. The maximum absolute atomic E-state index is 12.9. The lowest BCUT2D eigenvalue weighted by atomic mass is 10.1. The van der Waals surface area contributed by atoms with Crippen LogP contribution in [0.2, 0.25) is 0 Å². The van der Waals surface area contributed by atoms with E-state index in [4.69, 9.17) is 0 Å². The molecule has 26 heavy (non-hydrogen) atoms. The van der Waals surface area contributed by atoms with Crippen LogP contribution in [-0.4, -0.2) is 51.9 Å². The third-order valence-corrected chi connectivity index (χ3v) is 3.90. The van der Waals surface area contributed by atoms with Crippen LogP contribution < -0.4 is 5.32 Å². The maximum Gasteiger partial charge on any atom is 0.326 e. The molecule has 0 fully saturated rings. The normalized spacial score (nSPS) is 11.5. The number of rotatable bonds is 7. The van der Waals surface area contributed by atoms with E-state index in [0.717, 1.165) is 11.1 Å². The third-order valence-electron chi connectivity index (χ3n) is 3.90. The summed E-state index contributed by atoms with van der Waals surface area (Å²) in [6.45, 7) is 3.05. The molecule has 0 saturated carbocycles. The molecule has 2 aromatic rings. The molecule has 2 N–H and O–H groups in total. The Morgan fingerprint density at radius 2 is 1.85 bits per heavy atom. The van der Waals surface area contributed by atoms with E-state index in [-0.39, 0.29) is 19.0 Å². The summed E-state index contributed by atoms with van der Waals surface area (Å²) in [6, 6.07) is 10.1. The molecule has 0 aliphatic rings. The van der Waals surface area contributed by atoms with Gasteiger partial charge in [0, 0.05) is 38.0 Å². The topological polar surface area (TPSA) is 99.6 Å². The molecular formula is C19H21N3O4. The summed E-state index contributed by atoms with van der Waals surface area (Å²) in [5.74, 6) is -1.81. The molecule has 136 valence electrons. The third kappa shape index (κ3) is 4.89. The minimum Gasteiger partial charge on any atom is -0.480 e. The molecular weight excluding hydrogens is 334 g/mol. The first-order valence-electron chi connectivity index (χ1n) is 8.19. The minimum atomic E-state index is -1.12. The number of aromatic nitrogens is 1. The van der Waals surface area contributed by atoms with Crippen molar-refractivity contribution in [2.24, 2.45) is 0 Å². The smallest absolute Gasteiger partial charge is 0.326 e. The first kappa shape index (κ1) is 19.1. The molecule has 1 atom stereocenters. The van der Waals surface area contributed by atoms with Gasteiger partial charge in [0.05, 0.1) is 5.56 Å². The number of carbonyl (C=O) groups excluding carboxylic acids is 2. The van der Waals surface area contributed by atoms with E-state index in [9.17, 15) is 19.5 Å². The second-order valence-electron chi connectivity index (χ2n) is 5.82. The number of aliphatic carboxylic acids is 1. The van der Waals surface area contributed by atoms with Gasteiger partial charge in [0.2, 0.25) is 5.91 Å². The summed E-state index contributed by atoms with van der Waals surface area (Å²) in [4.78, 5) is 40.6. The van der Waals surface area contributed by atoms with Gasteiger partial charge < -0.3 is 15.3 Å². The maximum atomic E-state index is 12.9. The summed E-state index contributed by atoms with van der Waals surface area (Å²) in [5, 5.41) is 11.9. The number of carbonyl (C=O) groups is 3. The van der Waals surface area contributed by atoms with Crippen LogP contribution >= 0.6 is 0 Å². The van der Waals surface area contributed by atoms with Crippen molar-refractivity contribution in [3.63, 3.8) is 0 Å². The molecule has 1 aromatic heterocycles. The Kier molecular flexibility index (Phi) is 6.43. The highest BCUT2D eigenvalue weighted by Crippen LogP contribution is 2.20. The van der Waals surface area contributed by atoms with Crippen molar-refractivity contribution in [1.29, 1.82) is 0 Å². The molecule has 0 aliphatic heterocycles. The molecule has 0 bridgehead atoms. The van der Waals surface area contributed by atoms with E-state index >= 15 is 0 Å². The average molecular weight is 355 g/mol. The van der Waals surface area contributed by atoms with Crippen LogP contribution in [0.15, 0.2) is 48.8 Å². The van der Waals surface area contributed by atoms with Crippen molar-refractivity contribution >= 4 is 17.8 Å². The zero-order chi connectivity index (χ0) is 19.1. The Morgan fingerprint density at radius 3 is 2.46 bits per heavy atom. The molecule has 7 heteroatoms. The predicted molar refractivity (Wildman–Crippen MR) is 96.5 cm³/mol. The van der Waals surface area contributed by atoms with Crippen molar-refractivity contribution in [3.8, 4) is 11.1 Å². The lowest BCUT2D eigenvalue weighted by molar-refractivity contribution is -0.141. The van der Waals surface area contributed by atoms with Crippen LogP contribution in [0.25, 0.3) is 11.1 Å². The zero-order valence-corrected chi connectivity index (χ0v) is 14.7. The Balaban J connectivity index is 2.26. The number of benzene rings is 1. The molecule has 1 unspecified atom stereocenters. The van der Waals surface area contributed by atoms with Gasteiger partial charge in [0.25, 0.3) is 5.91 Å². The molecule has 7 nitrogen and oxygen atoms in total. The number of pyridine rings is 1. The standard InChI is InChI=1S/C19H21N3O4/c1-13(19(25)26)22(9-8-21-14(2)23)18(24)17-10-16(11-20-12-17)15-6-4-3-5-7-15/h3-7,10-13H,8-9H2,1-2H3,(H,21,23)(H,25,26). The Hall–Kier alpha value is -3.22. The summed E-state index contributed by atoms with van der Waals surface area (Å²) in [6.07, 6.45) is 3.06. The van der Waals surface area contributed by atoms with Gasteiger partial charge >= 0.3 is 5.97 Å². The van der Waals surface area contributed by atoms with Gasteiger partial charge in [0.15, 0.2) is 0 Å². The fraction of sp³-hybridized carbons (Fsp3) is 0.263. The highest BCUT2D eigenvalue weighted by Gasteiger charge is 2.26. The number of hydrogen-bond donors (Lipinski definition) is 2. The van der Waals surface area contributed by atoms with Crippen molar-refractivity contribution in [1.82, 2.24) is 15.2 Å². The van der Waals surface area contributed by atoms with Crippen LogP contribution in [0.1, 0.15) is 24.2 Å². The van der Waals surface area contributed by atoms with Crippen molar-refractivity contribution in [2.45, 2.75) is 19.9 Å². The lowest BCUT2D eigenvalue weighted by Crippen LogP contribution is -2.46. The molecule has 1 heterocycles. The molecule has 2 amide bonds. The van der Waals surface area contributed by atoms with Gasteiger partial charge in [-0.05, 0) is 18.6 Å². The fourth-order valence-electron chi connectivity index (χ4n) is 2.47. The number of carboxylic acid groups (broad SMARTS) is 1. The number of amides is 2. The summed E-state index contributed by atoms with van der Waals surface area (Å²) in [5.41, 5.74) is 1.97. The first-order chi connectivity index (χ1) is 12.4. The monoisotopic (exact) mass is 355 g/mol. The van der Waals surface area contributed by atoms with E-state index in [2.05, 4.69) is 10.3 Å². The van der Waals surface area contributed by atoms with E-state index in [1.54, 1.807) is 12.3 Å². The van der Waals surface area contributed by atoms with Crippen molar-refractivity contribution in [2.75, 3.05) is 13.1 Å². The van der Waals surface area contributed by atoms with E-state index in [1.807, 2.05) is 30.3 Å². The Labute approximate surface area is 151 Å². The van der Waals surface area contributed by atoms with Gasteiger partial charge in [-0.15, -0.1) is 0 Å². The lowest BCUT2D eigenvalue weighted by Gasteiger charge is -2.26. The van der Waals surface area contributed by atoms with Crippen molar-refractivity contribution in [3.05, 3.63) is 54.4 Å². The number of hydrogen-bond acceptors (Lipinski definition) is 4. The van der Waals surface area contributed by atoms with E-state index in [1.165, 1.54) is 24.9 Å². The Bertz CT molecular complexity index is 792. The SMILES string of the molecule is CC(=O)NCCN(C(=O)c1cncc(-c2ccccc2)c1)C(C)C(=O)O. The fourth-order valence-corrected chi connectivity index (χ4v) is 2.47. The summed E-state index contributed by atoms with van der Waals surface area (Å²) < 4.78 is 0. The predicted octanol–water partition coefficient (Wildman–Crippen LogP) is 1.80. The molecule has 1 aromatic carbocycles. The number of nitrogens with zero attached hydrogens (tertiary/aromatic N) is 2. The van der Waals surface area contributed by atoms with Crippen LogP contribution in [0.5, 0.6) is 0 Å². The largest absolute Gasteiger partial charge is 0.480 e. The molecule has 0 aliphatic carbocycles. The van der Waals surface area contributed by atoms with Gasteiger partial charge in [-0.1, -0.05) is 30.3 Å². The molecule has 0 spiro atoms. The van der Waals surface area contributed by atoms with E-state index < -0.39 is 17.9 Å². The van der Waals surface area contributed by atoms with Crippen molar-refractivity contribution < 1.29 is 19.5 Å². The van der Waals surface area contributed by atoms with Gasteiger partial charge in [-0.2, -0.15) is 0 Å². The second kappa shape index (κ2) is 8.75. The van der Waals surface area contributed by atoms with Crippen LogP contribution in [0, 0.1) is 0 Å². The first-order valence-corrected chi connectivity index (χ1v) is 8.19. The highest BCUT2D eigenvalue weighted by atomic mass is 16.4.